The van der Waals surface area contributed by atoms with Crippen LogP contribution in [0.2, 0.25) is 0 Å². The Kier molecular flexibility index (Phi) is 2.16. The van der Waals surface area contributed by atoms with Crippen molar-refractivity contribution in [3.8, 4) is 0 Å². The molecule has 2 heteroatoms. The first-order chi connectivity index (χ1) is 7.81. The van der Waals surface area contributed by atoms with Gasteiger partial charge < -0.3 is 0 Å². The molecule has 0 radical (unpaired) electrons. The minimum absolute atomic E-state index is 0.111. The molecular weight excluding hydrogens is 196 g/mol. The van der Waals surface area contributed by atoms with Gasteiger partial charge in [-0.15, -0.1) is 0 Å². The van der Waals surface area contributed by atoms with E-state index >= 15 is 0 Å². The monoisotopic (exact) mass is 212 g/mol. The van der Waals surface area contributed by atoms with Gasteiger partial charge in [0.1, 0.15) is 0 Å². The normalized spacial score (nSPS) is 28.3. The topological polar surface area (TPSA) is 24.7 Å². The van der Waals surface area contributed by atoms with Gasteiger partial charge in [0.25, 0.3) is 0 Å². The van der Waals surface area contributed by atoms with Crippen molar-refractivity contribution in [3.05, 3.63) is 35.9 Å². The molecule has 1 aromatic carbocycles. The molecule has 0 saturated heterocycles. The molecule has 0 amide bonds. The molecule has 2 nitrogen and oxygen atoms in total. The first-order valence-electron chi connectivity index (χ1n) is 6.02. The fourth-order valence-corrected chi connectivity index (χ4v) is 2.80. The average Bonchev–Trinajstić information content (AvgIpc) is 2.67. The van der Waals surface area contributed by atoms with Gasteiger partial charge in [-0.25, -0.2) is 0 Å². The van der Waals surface area contributed by atoms with Gasteiger partial charge in [-0.1, -0.05) is 36.8 Å². The van der Waals surface area contributed by atoms with Gasteiger partial charge in [0.2, 0.25) is 0 Å². The van der Waals surface area contributed by atoms with Crippen LogP contribution in [0.25, 0.3) is 0 Å². The molecule has 1 aromatic rings. The zero-order chi connectivity index (χ0) is 11.0. The van der Waals surface area contributed by atoms with Gasteiger partial charge in [-0.05, 0) is 31.7 Å². The lowest BCUT2D eigenvalue weighted by Gasteiger charge is -2.31. The Bertz CT molecular complexity index is 459. The maximum atomic E-state index is 4.43. The molecule has 1 aliphatic heterocycles. The van der Waals surface area contributed by atoms with E-state index in [0.717, 1.165) is 6.42 Å². The SMILES string of the molecule is CC12CCCCC1=NN=C2c1ccccc1. The smallest absolute Gasteiger partial charge is 0.0818 e. The Hall–Kier alpha value is -1.44. The molecule has 1 aliphatic carbocycles. The van der Waals surface area contributed by atoms with Crippen molar-refractivity contribution in [1.29, 1.82) is 0 Å². The van der Waals surface area contributed by atoms with Crippen LogP contribution in [-0.2, 0) is 0 Å². The molecule has 82 valence electrons. The van der Waals surface area contributed by atoms with Crippen molar-refractivity contribution in [2.24, 2.45) is 15.6 Å². The summed E-state index contributed by atoms with van der Waals surface area (Å²) in [5, 5.41) is 8.82. The summed E-state index contributed by atoms with van der Waals surface area (Å²) in [7, 11) is 0. The van der Waals surface area contributed by atoms with Crippen LogP contribution in [0.4, 0.5) is 0 Å². The van der Waals surface area contributed by atoms with Crippen LogP contribution in [0.3, 0.4) is 0 Å². The van der Waals surface area contributed by atoms with Gasteiger partial charge in [0.15, 0.2) is 0 Å². The molecule has 1 unspecified atom stereocenters. The van der Waals surface area contributed by atoms with E-state index in [-0.39, 0.29) is 5.41 Å². The number of benzene rings is 1. The number of nitrogens with zero attached hydrogens (tertiary/aromatic N) is 2. The summed E-state index contributed by atoms with van der Waals surface area (Å²) in [6.45, 7) is 2.30. The zero-order valence-electron chi connectivity index (χ0n) is 9.61. The highest BCUT2D eigenvalue weighted by Gasteiger charge is 2.41. The van der Waals surface area contributed by atoms with Crippen molar-refractivity contribution in [3.63, 3.8) is 0 Å². The Labute approximate surface area is 96.1 Å². The second-order valence-corrected chi connectivity index (χ2v) is 4.90. The lowest BCUT2D eigenvalue weighted by molar-refractivity contribution is 0.494. The third-order valence-corrected chi connectivity index (χ3v) is 3.82. The number of hydrogen-bond donors (Lipinski definition) is 0. The quantitative estimate of drug-likeness (QED) is 0.681. The van der Waals surface area contributed by atoms with Crippen LogP contribution in [-0.4, -0.2) is 11.4 Å². The van der Waals surface area contributed by atoms with Crippen LogP contribution in [0, 0.1) is 5.41 Å². The Morgan fingerprint density at radius 3 is 2.69 bits per heavy atom. The van der Waals surface area contributed by atoms with E-state index in [1.807, 2.05) is 6.07 Å². The average molecular weight is 212 g/mol. The zero-order valence-corrected chi connectivity index (χ0v) is 9.61. The molecule has 0 spiro atoms. The van der Waals surface area contributed by atoms with E-state index in [4.69, 9.17) is 0 Å². The van der Waals surface area contributed by atoms with Crippen LogP contribution in [0.1, 0.15) is 38.2 Å². The minimum Gasteiger partial charge on any atom is -0.159 e. The third kappa shape index (κ3) is 1.33. The molecule has 2 aliphatic rings. The molecule has 1 atom stereocenters. The maximum Gasteiger partial charge on any atom is 0.0818 e. The fraction of sp³-hybridized carbons (Fsp3) is 0.429. The van der Waals surface area contributed by atoms with Gasteiger partial charge in [0, 0.05) is 0 Å². The van der Waals surface area contributed by atoms with Crippen LogP contribution >= 0.6 is 0 Å². The highest BCUT2D eigenvalue weighted by Crippen LogP contribution is 2.40. The molecule has 1 fully saturated rings. The summed E-state index contributed by atoms with van der Waals surface area (Å²) in [4.78, 5) is 0. The van der Waals surface area contributed by atoms with Gasteiger partial charge in [-0.3, -0.25) is 0 Å². The summed E-state index contributed by atoms with van der Waals surface area (Å²) < 4.78 is 0. The molecule has 0 bridgehead atoms. The van der Waals surface area contributed by atoms with E-state index < -0.39 is 0 Å². The summed E-state index contributed by atoms with van der Waals surface area (Å²) in [6.07, 6.45) is 4.88. The second kappa shape index (κ2) is 3.55. The Morgan fingerprint density at radius 1 is 1.06 bits per heavy atom. The predicted molar refractivity (Wildman–Crippen MR) is 67.0 cm³/mol. The first-order valence-corrected chi connectivity index (χ1v) is 6.02. The lowest BCUT2D eigenvalue weighted by Crippen LogP contribution is -2.36. The van der Waals surface area contributed by atoms with Gasteiger partial charge >= 0.3 is 0 Å². The van der Waals surface area contributed by atoms with Crippen LogP contribution < -0.4 is 0 Å². The van der Waals surface area contributed by atoms with E-state index in [0.29, 0.717) is 0 Å². The number of fused-ring (bicyclic) bond motifs is 1. The van der Waals surface area contributed by atoms with Crippen LogP contribution in [0.15, 0.2) is 40.5 Å². The third-order valence-electron chi connectivity index (χ3n) is 3.82. The van der Waals surface area contributed by atoms with E-state index in [1.165, 1.54) is 36.2 Å². The predicted octanol–water partition coefficient (Wildman–Crippen LogP) is 3.43. The largest absolute Gasteiger partial charge is 0.159 e. The molecule has 0 aromatic heterocycles. The van der Waals surface area contributed by atoms with E-state index in [2.05, 4.69) is 41.4 Å². The van der Waals surface area contributed by atoms with E-state index in [1.54, 1.807) is 0 Å². The number of rotatable bonds is 1. The first kappa shape index (κ1) is 9.76. The fourth-order valence-electron chi connectivity index (χ4n) is 2.80. The molecular formula is C14H16N2. The summed E-state index contributed by atoms with van der Waals surface area (Å²) in [6, 6.07) is 10.5. The maximum absolute atomic E-state index is 4.43. The van der Waals surface area contributed by atoms with Gasteiger partial charge in [-0.2, -0.15) is 10.2 Å². The summed E-state index contributed by atoms with van der Waals surface area (Å²) in [5.74, 6) is 0. The summed E-state index contributed by atoms with van der Waals surface area (Å²) in [5.41, 5.74) is 3.80. The molecule has 0 N–H and O–H groups in total. The molecule has 1 saturated carbocycles. The van der Waals surface area contributed by atoms with Crippen molar-refractivity contribution in [2.75, 3.05) is 0 Å². The molecule has 16 heavy (non-hydrogen) atoms. The molecule has 3 rings (SSSR count). The van der Waals surface area contributed by atoms with Gasteiger partial charge in [0.05, 0.1) is 16.8 Å². The van der Waals surface area contributed by atoms with Crippen molar-refractivity contribution in [2.45, 2.75) is 32.6 Å². The Morgan fingerprint density at radius 2 is 1.88 bits per heavy atom. The lowest BCUT2D eigenvalue weighted by atomic mass is 9.69. The number of hydrogen-bond acceptors (Lipinski definition) is 2. The Balaban J connectivity index is 2.00. The standard InChI is InChI=1S/C14H16N2/c1-14-10-6-5-9-12(14)15-16-13(14)11-7-3-2-4-8-11/h2-4,7-8H,5-6,9-10H2,1H3. The minimum atomic E-state index is 0.111. The summed E-state index contributed by atoms with van der Waals surface area (Å²) >= 11 is 0. The van der Waals surface area contributed by atoms with Crippen molar-refractivity contribution >= 4 is 11.4 Å². The van der Waals surface area contributed by atoms with Crippen molar-refractivity contribution < 1.29 is 0 Å². The van der Waals surface area contributed by atoms with E-state index in [9.17, 15) is 0 Å². The van der Waals surface area contributed by atoms with Crippen molar-refractivity contribution in [1.82, 2.24) is 0 Å². The highest BCUT2D eigenvalue weighted by molar-refractivity contribution is 6.21. The molecule has 1 heterocycles. The van der Waals surface area contributed by atoms with Crippen LogP contribution in [0.5, 0.6) is 0 Å². The second-order valence-electron chi connectivity index (χ2n) is 4.90. The highest BCUT2D eigenvalue weighted by atomic mass is 15.2.